The van der Waals surface area contributed by atoms with Crippen LogP contribution in [-0.2, 0) is 4.79 Å². The van der Waals surface area contributed by atoms with Crippen molar-refractivity contribution in [2.24, 2.45) is 5.73 Å². The zero-order chi connectivity index (χ0) is 13.7. The Morgan fingerprint density at radius 1 is 1.39 bits per heavy atom. The molecule has 0 saturated heterocycles. The fourth-order valence-corrected chi connectivity index (χ4v) is 1.62. The first-order chi connectivity index (χ1) is 8.38. The van der Waals surface area contributed by atoms with E-state index in [1.165, 1.54) is 0 Å². The van der Waals surface area contributed by atoms with Crippen LogP contribution in [0.4, 0.5) is 5.69 Å². The Hall–Kier alpha value is -1.55. The lowest BCUT2D eigenvalue weighted by Gasteiger charge is -2.13. The number of amides is 1. The SMILES string of the molecule is Cc1cc(OC(C)C)ccc1NC(=O)CC(C)N. The van der Waals surface area contributed by atoms with Crippen LogP contribution in [0.5, 0.6) is 5.75 Å². The van der Waals surface area contributed by atoms with Gasteiger partial charge >= 0.3 is 0 Å². The summed E-state index contributed by atoms with van der Waals surface area (Å²) in [5.74, 6) is 0.748. The zero-order valence-electron chi connectivity index (χ0n) is 11.5. The summed E-state index contributed by atoms with van der Waals surface area (Å²) < 4.78 is 5.59. The molecule has 4 heteroatoms. The summed E-state index contributed by atoms with van der Waals surface area (Å²) in [7, 11) is 0. The molecule has 18 heavy (non-hydrogen) atoms. The van der Waals surface area contributed by atoms with Crippen molar-refractivity contribution >= 4 is 11.6 Å². The molecule has 100 valence electrons. The normalized spacial score (nSPS) is 12.3. The van der Waals surface area contributed by atoms with E-state index >= 15 is 0 Å². The molecule has 1 unspecified atom stereocenters. The van der Waals surface area contributed by atoms with Crippen molar-refractivity contribution in [1.29, 1.82) is 0 Å². The highest BCUT2D eigenvalue weighted by molar-refractivity contribution is 5.91. The summed E-state index contributed by atoms with van der Waals surface area (Å²) in [6, 6.07) is 5.50. The standard InChI is InChI=1S/C14H22N2O2/c1-9(2)18-12-5-6-13(10(3)7-12)16-14(17)8-11(4)15/h5-7,9,11H,8,15H2,1-4H3,(H,16,17). The van der Waals surface area contributed by atoms with Crippen molar-refractivity contribution in [1.82, 2.24) is 0 Å². The number of hydrogen-bond acceptors (Lipinski definition) is 3. The van der Waals surface area contributed by atoms with Crippen LogP contribution in [0.3, 0.4) is 0 Å². The van der Waals surface area contributed by atoms with Gasteiger partial charge in [0.25, 0.3) is 0 Å². The summed E-state index contributed by atoms with van der Waals surface area (Å²) >= 11 is 0. The van der Waals surface area contributed by atoms with E-state index in [1.807, 2.05) is 45.9 Å². The molecule has 0 aliphatic carbocycles. The van der Waals surface area contributed by atoms with Crippen LogP contribution < -0.4 is 15.8 Å². The maximum atomic E-state index is 11.6. The fourth-order valence-electron chi connectivity index (χ4n) is 1.62. The second-order valence-corrected chi connectivity index (χ2v) is 4.87. The second-order valence-electron chi connectivity index (χ2n) is 4.87. The number of rotatable bonds is 5. The largest absolute Gasteiger partial charge is 0.491 e. The topological polar surface area (TPSA) is 64.3 Å². The Bertz CT molecular complexity index is 414. The molecule has 3 N–H and O–H groups in total. The van der Waals surface area contributed by atoms with Crippen molar-refractivity contribution < 1.29 is 9.53 Å². The van der Waals surface area contributed by atoms with Gasteiger partial charge in [-0.15, -0.1) is 0 Å². The maximum Gasteiger partial charge on any atom is 0.225 e. The number of ether oxygens (including phenoxy) is 1. The van der Waals surface area contributed by atoms with Crippen LogP contribution in [0.1, 0.15) is 32.8 Å². The highest BCUT2D eigenvalue weighted by atomic mass is 16.5. The van der Waals surface area contributed by atoms with E-state index in [0.717, 1.165) is 17.0 Å². The molecule has 0 heterocycles. The van der Waals surface area contributed by atoms with Crippen molar-refractivity contribution in [3.63, 3.8) is 0 Å². The molecule has 1 amide bonds. The summed E-state index contributed by atoms with van der Waals surface area (Å²) in [6.07, 6.45) is 0.465. The van der Waals surface area contributed by atoms with Crippen molar-refractivity contribution in [2.45, 2.75) is 46.3 Å². The fraction of sp³-hybridized carbons (Fsp3) is 0.500. The predicted molar refractivity (Wildman–Crippen MR) is 73.8 cm³/mol. The lowest BCUT2D eigenvalue weighted by Crippen LogP contribution is -2.24. The molecule has 0 aromatic heterocycles. The van der Waals surface area contributed by atoms with Gasteiger partial charge in [0.15, 0.2) is 0 Å². The van der Waals surface area contributed by atoms with E-state index < -0.39 is 0 Å². The van der Waals surface area contributed by atoms with Gasteiger partial charge in [0.2, 0.25) is 5.91 Å². The third-order valence-corrected chi connectivity index (χ3v) is 2.35. The Morgan fingerprint density at radius 2 is 2.06 bits per heavy atom. The van der Waals surface area contributed by atoms with Gasteiger partial charge in [-0.3, -0.25) is 4.79 Å². The van der Waals surface area contributed by atoms with Gasteiger partial charge in [-0.05, 0) is 51.5 Å². The maximum absolute atomic E-state index is 11.6. The molecule has 0 bridgehead atoms. The first kappa shape index (κ1) is 14.5. The average Bonchev–Trinajstić information content (AvgIpc) is 2.20. The molecule has 1 aromatic rings. The van der Waals surface area contributed by atoms with Crippen molar-refractivity contribution in [3.8, 4) is 5.75 Å². The monoisotopic (exact) mass is 250 g/mol. The highest BCUT2D eigenvalue weighted by Crippen LogP contribution is 2.22. The molecular formula is C14H22N2O2. The van der Waals surface area contributed by atoms with Gasteiger partial charge in [0, 0.05) is 18.2 Å². The van der Waals surface area contributed by atoms with E-state index in [-0.39, 0.29) is 18.1 Å². The highest BCUT2D eigenvalue weighted by Gasteiger charge is 2.08. The first-order valence-electron chi connectivity index (χ1n) is 6.21. The molecule has 4 nitrogen and oxygen atoms in total. The molecule has 0 fully saturated rings. The Balaban J connectivity index is 2.70. The minimum Gasteiger partial charge on any atom is -0.491 e. The quantitative estimate of drug-likeness (QED) is 0.843. The van der Waals surface area contributed by atoms with Crippen LogP contribution in [0.15, 0.2) is 18.2 Å². The number of aryl methyl sites for hydroxylation is 1. The van der Waals surface area contributed by atoms with E-state index in [4.69, 9.17) is 10.5 Å². The van der Waals surface area contributed by atoms with E-state index in [9.17, 15) is 4.79 Å². The average molecular weight is 250 g/mol. The molecule has 0 saturated carbocycles. The Kier molecular flexibility index (Phi) is 5.16. The van der Waals surface area contributed by atoms with E-state index in [2.05, 4.69) is 5.32 Å². The third kappa shape index (κ3) is 4.75. The number of nitrogens with one attached hydrogen (secondary N) is 1. The summed E-state index contributed by atoms with van der Waals surface area (Å²) in [6.45, 7) is 7.71. The molecule has 0 spiro atoms. The van der Waals surface area contributed by atoms with Crippen LogP contribution in [0.25, 0.3) is 0 Å². The lowest BCUT2D eigenvalue weighted by molar-refractivity contribution is -0.116. The van der Waals surface area contributed by atoms with Gasteiger partial charge in [0.05, 0.1) is 6.10 Å². The molecule has 1 atom stereocenters. The van der Waals surface area contributed by atoms with Gasteiger partial charge in [-0.25, -0.2) is 0 Å². The summed E-state index contributed by atoms with van der Waals surface area (Å²) in [5.41, 5.74) is 7.36. The number of carbonyl (C=O) groups excluding carboxylic acids is 1. The van der Waals surface area contributed by atoms with Gasteiger partial charge in [-0.1, -0.05) is 0 Å². The molecule has 0 radical (unpaired) electrons. The number of benzene rings is 1. The predicted octanol–water partition coefficient (Wildman–Crippen LogP) is 2.46. The lowest BCUT2D eigenvalue weighted by atomic mass is 10.1. The summed E-state index contributed by atoms with van der Waals surface area (Å²) in [5, 5.41) is 2.85. The molecular weight excluding hydrogens is 228 g/mol. The van der Waals surface area contributed by atoms with Gasteiger partial charge in [0.1, 0.15) is 5.75 Å². The van der Waals surface area contributed by atoms with Crippen LogP contribution in [-0.4, -0.2) is 18.1 Å². The molecule has 0 aliphatic rings. The molecule has 1 aromatic carbocycles. The number of anilines is 1. The first-order valence-corrected chi connectivity index (χ1v) is 6.21. The number of carbonyl (C=O) groups is 1. The van der Waals surface area contributed by atoms with Crippen LogP contribution >= 0.6 is 0 Å². The third-order valence-electron chi connectivity index (χ3n) is 2.35. The zero-order valence-corrected chi connectivity index (χ0v) is 11.5. The van der Waals surface area contributed by atoms with Crippen molar-refractivity contribution in [2.75, 3.05) is 5.32 Å². The Morgan fingerprint density at radius 3 is 2.56 bits per heavy atom. The molecule has 0 aliphatic heterocycles. The second kappa shape index (κ2) is 6.40. The van der Waals surface area contributed by atoms with Gasteiger partial charge < -0.3 is 15.8 Å². The number of nitrogens with two attached hydrogens (primary N) is 1. The smallest absolute Gasteiger partial charge is 0.225 e. The van der Waals surface area contributed by atoms with E-state index in [0.29, 0.717) is 6.42 Å². The molecule has 1 rings (SSSR count). The van der Waals surface area contributed by atoms with Crippen molar-refractivity contribution in [3.05, 3.63) is 23.8 Å². The minimum atomic E-state index is -0.131. The Labute approximate surface area is 109 Å². The van der Waals surface area contributed by atoms with Gasteiger partial charge in [-0.2, -0.15) is 0 Å². The van der Waals surface area contributed by atoms with Crippen LogP contribution in [0, 0.1) is 6.92 Å². The summed E-state index contributed by atoms with van der Waals surface area (Å²) in [4.78, 5) is 11.6. The minimum absolute atomic E-state index is 0.0642. The van der Waals surface area contributed by atoms with E-state index in [1.54, 1.807) is 0 Å². The van der Waals surface area contributed by atoms with Crippen LogP contribution in [0.2, 0.25) is 0 Å². The number of hydrogen-bond donors (Lipinski definition) is 2.